The number of primary amides is 1. The van der Waals surface area contributed by atoms with Gasteiger partial charge >= 0.3 is 0 Å². The summed E-state index contributed by atoms with van der Waals surface area (Å²) in [6, 6.07) is 0. The highest BCUT2D eigenvalue weighted by Crippen LogP contribution is 2.14. The SMILES string of the molecule is NC(=O)C1CCCCCCCCCCCCCOONNNC1. The van der Waals surface area contributed by atoms with Gasteiger partial charge in [-0.3, -0.25) is 4.79 Å². The molecule has 136 valence electrons. The highest BCUT2D eigenvalue weighted by Gasteiger charge is 2.14. The Bertz CT molecular complexity index is 272. The van der Waals surface area contributed by atoms with Crippen molar-refractivity contribution in [1.29, 1.82) is 0 Å². The van der Waals surface area contributed by atoms with Crippen LogP contribution in [0.25, 0.3) is 0 Å². The normalized spacial score (nSPS) is 25.5. The lowest BCUT2D eigenvalue weighted by Crippen LogP contribution is -2.47. The Morgan fingerprint density at radius 1 is 0.870 bits per heavy atom. The summed E-state index contributed by atoms with van der Waals surface area (Å²) in [4.78, 5) is 21.2. The molecule has 0 spiro atoms. The van der Waals surface area contributed by atoms with E-state index in [1.165, 1.54) is 57.8 Å². The molecule has 1 rings (SSSR count). The number of carbonyl (C=O) groups is 1. The predicted molar refractivity (Wildman–Crippen MR) is 89.4 cm³/mol. The monoisotopic (exact) mass is 330 g/mol. The Morgan fingerprint density at radius 2 is 1.43 bits per heavy atom. The lowest BCUT2D eigenvalue weighted by Gasteiger charge is -2.15. The third-order valence-corrected chi connectivity index (χ3v) is 4.27. The average molecular weight is 330 g/mol. The summed E-state index contributed by atoms with van der Waals surface area (Å²) >= 11 is 0. The van der Waals surface area contributed by atoms with Crippen molar-refractivity contribution in [2.75, 3.05) is 13.2 Å². The molecule has 0 bridgehead atoms. The Hall–Kier alpha value is -0.730. The molecule has 1 fully saturated rings. The van der Waals surface area contributed by atoms with Crippen molar-refractivity contribution >= 4 is 5.91 Å². The first-order chi connectivity index (χ1) is 11.3. The van der Waals surface area contributed by atoms with Gasteiger partial charge in [-0.1, -0.05) is 69.8 Å². The Kier molecular flexibility index (Phi) is 13.1. The van der Waals surface area contributed by atoms with E-state index in [4.69, 9.17) is 15.6 Å². The number of nitrogens with two attached hydrogens (primary N) is 1. The van der Waals surface area contributed by atoms with Crippen molar-refractivity contribution in [3.05, 3.63) is 0 Å². The van der Waals surface area contributed by atoms with Crippen molar-refractivity contribution in [2.24, 2.45) is 11.7 Å². The summed E-state index contributed by atoms with van der Waals surface area (Å²) < 4.78 is 0. The van der Waals surface area contributed by atoms with Crippen molar-refractivity contribution in [3.8, 4) is 0 Å². The molecule has 0 aromatic rings. The van der Waals surface area contributed by atoms with Gasteiger partial charge in [0.15, 0.2) is 0 Å². The Balaban J connectivity index is 2.22. The zero-order valence-electron chi connectivity index (χ0n) is 14.3. The number of nitrogens with one attached hydrogen (secondary N) is 3. The molecule has 0 radical (unpaired) electrons. The second-order valence-electron chi connectivity index (χ2n) is 6.29. The maximum absolute atomic E-state index is 11.4. The molecule has 1 atom stereocenters. The fourth-order valence-corrected chi connectivity index (χ4v) is 2.79. The second-order valence-corrected chi connectivity index (χ2v) is 6.29. The van der Waals surface area contributed by atoms with Gasteiger partial charge in [0, 0.05) is 6.54 Å². The Labute approximate surface area is 139 Å². The molecule has 1 saturated heterocycles. The topological polar surface area (TPSA) is 97.6 Å². The summed E-state index contributed by atoms with van der Waals surface area (Å²) in [5.41, 5.74) is 13.4. The molecule has 5 N–H and O–H groups in total. The van der Waals surface area contributed by atoms with Crippen molar-refractivity contribution < 1.29 is 14.7 Å². The van der Waals surface area contributed by atoms with Crippen LogP contribution in [0.2, 0.25) is 0 Å². The Morgan fingerprint density at radius 3 is 2.04 bits per heavy atom. The van der Waals surface area contributed by atoms with Gasteiger partial charge in [-0.25, -0.2) is 10.3 Å². The van der Waals surface area contributed by atoms with Crippen LogP contribution in [0.1, 0.15) is 77.0 Å². The van der Waals surface area contributed by atoms with Gasteiger partial charge in [0.05, 0.1) is 12.5 Å². The van der Waals surface area contributed by atoms with Crippen molar-refractivity contribution in [3.63, 3.8) is 0 Å². The van der Waals surface area contributed by atoms with Crippen LogP contribution < -0.4 is 22.3 Å². The van der Waals surface area contributed by atoms with E-state index in [-0.39, 0.29) is 11.8 Å². The molecule has 0 saturated carbocycles. The van der Waals surface area contributed by atoms with E-state index < -0.39 is 0 Å². The first-order valence-corrected chi connectivity index (χ1v) is 9.11. The molecule has 7 nitrogen and oxygen atoms in total. The average Bonchev–Trinajstić information content (AvgIpc) is 2.53. The first kappa shape index (κ1) is 20.3. The van der Waals surface area contributed by atoms with E-state index in [0.29, 0.717) is 13.2 Å². The summed E-state index contributed by atoms with van der Waals surface area (Å²) in [5, 5.41) is 0. The largest absolute Gasteiger partial charge is 0.369 e. The van der Waals surface area contributed by atoms with Gasteiger partial charge < -0.3 is 5.73 Å². The highest BCUT2D eigenvalue weighted by atomic mass is 17.3. The smallest absolute Gasteiger partial charge is 0.221 e. The fraction of sp³-hybridized carbons (Fsp3) is 0.938. The van der Waals surface area contributed by atoms with E-state index in [0.717, 1.165) is 19.3 Å². The number of hydrogen-bond donors (Lipinski definition) is 4. The minimum atomic E-state index is -0.265. The van der Waals surface area contributed by atoms with Crippen LogP contribution >= 0.6 is 0 Å². The molecule has 1 aliphatic heterocycles. The number of rotatable bonds is 1. The van der Waals surface area contributed by atoms with Crippen LogP contribution in [0, 0.1) is 5.92 Å². The molecule has 7 heteroatoms. The lowest BCUT2D eigenvalue weighted by atomic mass is 9.99. The molecule has 0 aromatic heterocycles. The standard InChI is InChI=1S/C16H34N4O3/c17-16(21)15-12-10-8-6-4-2-1-3-5-7-9-11-13-22-23-20-19-18-14-15/h15,18-20H,1-14H2,(H2,17,21). The van der Waals surface area contributed by atoms with Gasteiger partial charge in [-0.2, -0.15) is 5.53 Å². The van der Waals surface area contributed by atoms with Crippen LogP contribution in [-0.4, -0.2) is 19.1 Å². The number of carbonyl (C=O) groups excluding carboxylic acids is 1. The van der Waals surface area contributed by atoms with Gasteiger partial charge in [0.1, 0.15) is 0 Å². The number of amides is 1. The maximum atomic E-state index is 11.4. The zero-order valence-corrected chi connectivity index (χ0v) is 14.3. The van der Waals surface area contributed by atoms with Gasteiger partial charge in [-0.05, 0) is 12.8 Å². The molecule has 1 heterocycles. The van der Waals surface area contributed by atoms with E-state index in [1.807, 2.05) is 0 Å². The molecule has 1 unspecified atom stereocenters. The van der Waals surface area contributed by atoms with E-state index in [1.54, 1.807) is 0 Å². The number of hydrogen-bond acceptors (Lipinski definition) is 6. The van der Waals surface area contributed by atoms with Crippen LogP contribution in [-0.2, 0) is 14.7 Å². The minimum absolute atomic E-state index is 0.171. The maximum Gasteiger partial charge on any atom is 0.221 e. The van der Waals surface area contributed by atoms with Crippen molar-refractivity contribution in [1.82, 2.24) is 16.5 Å². The fourth-order valence-electron chi connectivity index (χ4n) is 2.79. The van der Waals surface area contributed by atoms with Crippen molar-refractivity contribution in [2.45, 2.75) is 77.0 Å². The first-order valence-electron chi connectivity index (χ1n) is 9.11. The summed E-state index contributed by atoms with van der Waals surface area (Å²) in [6.45, 7) is 1.03. The van der Waals surface area contributed by atoms with E-state index in [2.05, 4.69) is 16.5 Å². The van der Waals surface area contributed by atoms with Crippen LogP contribution in [0.15, 0.2) is 0 Å². The number of hydrazine groups is 2. The van der Waals surface area contributed by atoms with Crippen LogP contribution in [0.5, 0.6) is 0 Å². The summed E-state index contributed by atoms with van der Waals surface area (Å²) in [6.07, 6.45) is 14.3. The second kappa shape index (κ2) is 14.8. The molecule has 1 amide bonds. The zero-order chi connectivity index (χ0) is 16.6. The third-order valence-electron chi connectivity index (χ3n) is 4.27. The summed E-state index contributed by atoms with van der Waals surface area (Å²) in [5.74, 6) is -0.436. The van der Waals surface area contributed by atoms with Crippen LogP contribution in [0.3, 0.4) is 0 Å². The van der Waals surface area contributed by atoms with Gasteiger partial charge in [0.25, 0.3) is 0 Å². The predicted octanol–water partition coefficient (Wildman–Crippen LogP) is 2.24. The molecule has 1 aliphatic rings. The van der Waals surface area contributed by atoms with Gasteiger partial charge in [0.2, 0.25) is 5.91 Å². The quantitative estimate of drug-likeness (QED) is 0.551. The molecular weight excluding hydrogens is 296 g/mol. The molecule has 23 heavy (non-hydrogen) atoms. The third kappa shape index (κ3) is 12.4. The van der Waals surface area contributed by atoms with E-state index in [9.17, 15) is 4.79 Å². The molecule has 0 aliphatic carbocycles. The molecule has 0 aromatic carbocycles. The lowest BCUT2D eigenvalue weighted by molar-refractivity contribution is -0.348. The van der Waals surface area contributed by atoms with E-state index >= 15 is 0 Å². The summed E-state index contributed by atoms with van der Waals surface area (Å²) in [7, 11) is 0. The van der Waals surface area contributed by atoms with Crippen LogP contribution in [0.4, 0.5) is 0 Å². The molecular formula is C16H34N4O3. The highest BCUT2D eigenvalue weighted by molar-refractivity contribution is 5.76. The van der Waals surface area contributed by atoms with Gasteiger partial charge in [-0.15, -0.1) is 4.99 Å². The minimum Gasteiger partial charge on any atom is -0.369 e.